The molecule has 4 N–H and O–H groups in total. The van der Waals surface area contributed by atoms with Crippen LogP contribution in [0.4, 0.5) is 17.5 Å². The number of aromatic nitrogens is 4. The van der Waals surface area contributed by atoms with Gasteiger partial charge in [0.05, 0.1) is 17.3 Å². The number of sulfonamides is 1. The number of halogens is 1. The minimum atomic E-state index is -3.71. The first kappa shape index (κ1) is 26.4. The molecular weight excluding hydrogens is 526 g/mol. The molecule has 12 heteroatoms. The molecule has 2 heterocycles. The molecule has 0 bridgehead atoms. The van der Waals surface area contributed by atoms with E-state index >= 15 is 0 Å². The summed E-state index contributed by atoms with van der Waals surface area (Å²) in [6.07, 6.45) is 4.68. The third kappa shape index (κ3) is 6.07. The standard InChI is InChI=1S/C26H30ClN7O3S/c1-2-34-16-28-23-24(32-26(33-25(23)34)31-20-6-10-21(35)11-7-20)30-19-8-12-22(13-9-19)38(36,37)29-15-17-4-3-5-18(27)14-17/h3-5,8-9,12-14,16,20-21,29,35H,2,6-7,10-11,15H2,1H3,(H2,30,31,32,33)/t20-,21-. The number of aliphatic hydroxyl groups excluding tert-OH is 1. The second-order valence-corrected chi connectivity index (χ2v) is 11.6. The van der Waals surface area contributed by atoms with Crippen molar-refractivity contribution in [2.75, 3.05) is 10.6 Å². The number of hydrogen-bond acceptors (Lipinski definition) is 8. The monoisotopic (exact) mass is 555 g/mol. The van der Waals surface area contributed by atoms with Gasteiger partial charge in [0.2, 0.25) is 16.0 Å². The summed E-state index contributed by atoms with van der Waals surface area (Å²) in [5.41, 5.74) is 2.76. The molecule has 1 saturated carbocycles. The second-order valence-electron chi connectivity index (χ2n) is 9.35. The van der Waals surface area contributed by atoms with Crippen LogP contribution in [0.5, 0.6) is 0 Å². The van der Waals surface area contributed by atoms with Crippen LogP contribution in [-0.4, -0.2) is 45.2 Å². The molecule has 200 valence electrons. The van der Waals surface area contributed by atoms with Crippen molar-refractivity contribution < 1.29 is 13.5 Å². The Balaban J connectivity index is 1.34. The maximum absolute atomic E-state index is 12.8. The van der Waals surface area contributed by atoms with Crippen LogP contribution < -0.4 is 15.4 Å². The largest absolute Gasteiger partial charge is 0.393 e. The molecule has 10 nitrogen and oxygen atoms in total. The van der Waals surface area contributed by atoms with Crippen molar-refractivity contribution >= 4 is 50.2 Å². The lowest BCUT2D eigenvalue weighted by atomic mass is 9.93. The van der Waals surface area contributed by atoms with Gasteiger partial charge in [-0.3, -0.25) is 0 Å². The summed E-state index contributed by atoms with van der Waals surface area (Å²) in [4.78, 5) is 14.0. The molecule has 1 aliphatic rings. The van der Waals surface area contributed by atoms with Crippen LogP contribution >= 0.6 is 11.6 Å². The summed E-state index contributed by atoms with van der Waals surface area (Å²) in [5, 5.41) is 17.1. The van der Waals surface area contributed by atoms with Gasteiger partial charge in [-0.25, -0.2) is 18.1 Å². The second kappa shape index (κ2) is 11.2. The predicted octanol–water partition coefficient (Wildman–Crippen LogP) is 4.44. The Morgan fingerprint density at radius 2 is 1.84 bits per heavy atom. The van der Waals surface area contributed by atoms with Gasteiger partial charge in [-0.15, -0.1) is 0 Å². The number of nitrogens with zero attached hydrogens (tertiary/aromatic N) is 4. The summed E-state index contributed by atoms with van der Waals surface area (Å²) >= 11 is 5.99. The number of anilines is 3. The zero-order valence-electron chi connectivity index (χ0n) is 20.9. The number of nitrogens with one attached hydrogen (secondary N) is 3. The van der Waals surface area contributed by atoms with Gasteiger partial charge >= 0.3 is 0 Å². The lowest BCUT2D eigenvalue weighted by molar-refractivity contribution is 0.126. The highest BCUT2D eigenvalue weighted by molar-refractivity contribution is 7.89. The summed E-state index contributed by atoms with van der Waals surface area (Å²) in [6.45, 7) is 2.86. The van der Waals surface area contributed by atoms with Crippen molar-refractivity contribution in [3.8, 4) is 0 Å². The van der Waals surface area contributed by atoms with Crippen LogP contribution in [-0.2, 0) is 23.1 Å². The molecule has 0 unspecified atom stereocenters. The lowest BCUT2D eigenvalue weighted by Gasteiger charge is -2.26. The van der Waals surface area contributed by atoms with E-state index in [1.807, 2.05) is 17.6 Å². The van der Waals surface area contributed by atoms with Crippen molar-refractivity contribution in [1.29, 1.82) is 0 Å². The van der Waals surface area contributed by atoms with E-state index < -0.39 is 10.0 Å². The highest BCUT2D eigenvalue weighted by atomic mass is 35.5. The van der Waals surface area contributed by atoms with E-state index in [-0.39, 0.29) is 23.6 Å². The van der Waals surface area contributed by atoms with Gasteiger partial charge in [0.15, 0.2) is 17.0 Å². The number of aliphatic hydroxyl groups is 1. The topological polar surface area (TPSA) is 134 Å². The van der Waals surface area contributed by atoms with Crippen LogP contribution in [0.15, 0.2) is 59.8 Å². The Morgan fingerprint density at radius 3 is 2.55 bits per heavy atom. The van der Waals surface area contributed by atoms with Crippen molar-refractivity contribution in [2.45, 2.75) is 62.7 Å². The van der Waals surface area contributed by atoms with E-state index in [4.69, 9.17) is 16.6 Å². The lowest BCUT2D eigenvalue weighted by Crippen LogP contribution is -2.29. The predicted molar refractivity (Wildman–Crippen MR) is 148 cm³/mol. The van der Waals surface area contributed by atoms with E-state index in [1.165, 1.54) is 12.1 Å². The summed E-state index contributed by atoms with van der Waals surface area (Å²) in [6, 6.07) is 13.7. The normalized spacial score (nSPS) is 18.0. The Morgan fingerprint density at radius 1 is 1.08 bits per heavy atom. The quantitative estimate of drug-likeness (QED) is 0.238. The smallest absolute Gasteiger partial charge is 0.240 e. The molecule has 0 atom stereocenters. The fraction of sp³-hybridized carbons (Fsp3) is 0.346. The maximum Gasteiger partial charge on any atom is 0.240 e. The third-order valence-electron chi connectivity index (χ3n) is 6.62. The average molecular weight is 556 g/mol. The first-order valence-corrected chi connectivity index (χ1v) is 14.5. The molecule has 2 aromatic carbocycles. The van der Waals surface area contributed by atoms with Gasteiger partial charge < -0.3 is 20.3 Å². The molecule has 0 saturated heterocycles. The fourth-order valence-corrected chi connectivity index (χ4v) is 5.72. The molecule has 5 rings (SSSR count). The zero-order valence-corrected chi connectivity index (χ0v) is 22.5. The number of rotatable bonds is 9. The molecule has 2 aromatic heterocycles. The highest BCUT2D eigenvalue weighted by Gasteiger charge is 2.21. The minimum Gasteiger partial charge on any atom is -0.393 e. The van der Waals surface area contributed by atoms with E-state index in [2.05, 4.69) is 25.3 Å². The number of imidazole rings is 1. The van der Waals surface area contributed by atoms with Gasteiger partial charge in [0, 0.05) is 29.8 Å². The van der Waals surface area contributed by atoms with Crippen LogP contribution in [0.25, 0.3) is 11.2 Å². The number of aryl methyl sites for hydroxylation is 1. The van der Waals surface area contributed by atoms with Crippen molar-refractivity contribution in [2.24, 2.45) is 0 Å². The Labute approximate surface area is 226 Å². The molecule has 4 aromatic rings. The van der Waals surface area contributed by atoms with Crippen molar-refractivity contribution in [1.82, 2.24) is 24.2 Å². The molecule has 38 heavy (non-hydrogen) atoms. The van der Waals surface area contributed by atoms with E-state index in [0.29, 0.717) is 40.2 Å². The number of hydrogen-bond donors (Lipinski definition) is 4. The van der Waals surface area contributed by atoms with E-state index in [1.54, 1.807) is 36.7 Å². The Kier molecular flexibility index (Phi) is 7.80. The molecule has 0 aliphatic heterocycles. The average Bonchev–Trinajstić information content (AvgIpc) is 3.33. The van der Waals surface area contributed by atoms with Crippen LogP contribution in [0, 0.1) is 0 Å². The highest BCUT2D eigenvalue weighted by Crippen LogP contribution is 2.27. The molecular formula is C26H30ClN7O3S. The van der Waals surface area contributed by atoms with E-state index in [0.717, 1.165) is 31.2 Å². The Hall–Kier alpha value is -3.25. The maximum atomic E-state index is 12.8. The third-order valence-corrected chi connectivity index (χ3v) is 8.27. The van der Waals surface area contributed by atoms with Crippen LogP contribution in [0.2, 0.25) is 5.02 Å². The van der Waals surface area contributed by atoms with Crippen LogP contribution in [0.3, 0.4) is 0 Å². The molecule has 0 spiro atoms. The summed E-state index contributed by atoms with van der Waals surface area (Å²) in [5.74, 6) is 1.01. The molecule has 0 amide bonds. The zero-order chi connectivity index (χ0) is 26.7. The SMILES string of the molecule is CCn1cnc2c(Nc3ccc(S(=O)(=O)NCc4cccc(Cl)c4)cc3)nc(N[C@H]3CC[C@H](O)CC3)nc21. The van der Waals surface area contributed by atoms with Gasteiger partial charge in [-0.05, 0) is 74.6 Å². The first-order chi connectivity index (χ1) is 18.3. The number of benzene rings is 2. The molecule has 0 radical (unpaired) electrons. The Bertz CT molecular complexity index is 1520. The number of fused-ring (bicyclic) bond motifs is 1. The van der Waals surface area contributed by atoms with Crippen molar-refractivity contribution in [3.05, 3.63) is 65.4 Å². The minimum absolute atomic E-state index is 0.137. The van der Waals surface area contributed by atoms with Gasteiger partial charge in [0.1, 0.15) is 0 Å². The fourth-order valence-electron chi connectivity index (χ4n) is 4.49. The van der Waals surface area contributed by atoms with E-state index in [9.17, 15) is 13.5 Å². The van der Waals surface area contributed by atoms with Gasteiger partial charge in [-0.1, -0.05) is 23.7 Å². The van der Waals surface area contributed by atoms with Gasteiger partial charge in [-0.2, -0.15) is 9.97 Å². The van der Waals surface area contributed by atoms with Gasteiger partial charge in [0.25, 0.3) is 0 Å². The first-order valence-electron chi connectivity index (χ1n) is 12.6. The summed E-state index contributed by atoms with van der Waals surface area (Å²) < 4.78 is 30.2. The molecule has 1 aliphatic carbocycles. The van der Waals surface area contributed by atoms with Crippen molar-refractivity contribution in [3.63, 3.8) is 0 Å². The summed E-state index contributed by atoms with van der Waals surface area (Å²) in [7, 11) is -3.71. The molecule has 1 fully saturated rings. The van der Waals surface area contributed by atoms with Crippen LogP contribution in [0.1, 0.15) is 38.2 Å².